The molecule has 11 heteroatoms. The number of nitriles is 1. The number of hydrogen-bond donors (Lipinski definition) is 0. The first-order valence-electron chi connectivity index (χ1n) is 12.8. The Labute approximate surface area is 256 Å². The summed E-state index contributed by atoms with van der Waals surface area (Å²) >= 11 is 14.7. The van der Waals surface area contributed by atoms with Crippen LogP contribution in [-0.4, -0.2) is 50.8 Å². The quantitative estimate of drug-likeness (QED) is 0.209. The third-order valence-electron chi connectivity index (χ3n) is 7.37. The first kappa shape index (κ1) is 28.6. The Morgan fingerprint density at radius 1 is 1.23 bits per heavy atom. The van der Waals surface area contributed by atoms with Crippen LogP contribution in [0.1, 0.15) is 59.9 Å². The number of fused-ring (bicyclic) bond motifs is 1. The molecule has 1 aromatic heterocycles. The summed E-state index contributed by atoms with van der Waals surface area (Å²) in [5.41, 5.74) is 2.01. The summed E-state index contributed by atoms with van der Waals surface area (Å²) in [4.78, 5) is 28.8. The fourth-order valence-corrected chi connectivity index (χ4v) is 7.18. The minimum absolute atomic E-state index is 0.0508. The smallest absolute Gasteiger partial charge is 0.258 e. The van der Waals surface area contributed by atoms with E-state index >= 15 is 0 Å². The average Bonchev–Trinajstić information content (AvgIpc) is 3.52. The average molecular weight is 690 g/mol. The molecule has 2 unspecified atom stereocenters. The molecule has 5 rings (SSSR count). The van der Waals surface area contributed by atoms with Crippen LogP contribution in [0.2, 0.25) is 10.0 Å². The Morgan fingerprint density at radius 2 is 1.90 bits per heavy atom. The molecule has 2 aliphatic heterocycles. The van der Waals surface area contributed by atoms with Gasteiger partial charge in [-0.15, -0.1) is 5.10 Å². The molecule has 0 saturated carbocycles. The van der Waals surface area contributed by atoms with Crippen LogP contribution in [0, 0.1) is 20.9 Å². The first-order valence-corrected chi connectivity index (χ1v) is 14.6. The highest BCUT2D eigenvalue weighted by Crippen LogP contribution is 2.52. The number of methoxy groups -OCH3 is 1. The number of ketones is 1. The molecule has 0 radical (unpaired) electrons. The Hall–Kier alpha value is -2.94. The van der Waals surface area contributed by atoms with E-state index in [0.29, 0.717) is 67.7 Å². The van der Waals surface area contributed by atoms with Gasteiger partial charge in [-0.1, -0.05) is 54.4 Å². The van der Waals surface area contributed by atoms with Gasteiger partial charge in [-0.3, -0.25) is 9.59 Å². The molecule has 3 heterocycles. The second-order valence-electron chi connectivity index (χ2n) is 10.6. The van der Waals surface area contributed by atoms with Gasteiger partial charge in [0.15, 0.2) is 11.5 Å². The fourth-order valence-electron chi connectivity index (χ4n) is 5.75. The van der Waals surface area contributed by atoms with Crippen molar-refractivity contribution in [3.63, 3.8) is 0 Å². The maximum atomic E-state index is 14.1. The summed E-state index contributed by atoms with van der Waals surface area (Å²) in [5.74, 6) is 0.475. The zero-order valence-corrected chi connectivity index (χ0v) is 25.8. The van der Waals surface area contributed by atoms with Crippen LogP contribution in [0.15, 0.2) is 48.2 Å². The summed E-state index contributed by atoms with van der Waals surface area (Å²) in [6.45, 7) is 4.32. The van der Waals surface area contributed by atoms with Gasteiger partial charge in [0.2, 0.25) is 0 Å². The predicted octanol–water partition coefficient (Wildman–Crippen LogP) is 6.12. The number of carbonyl (C=O) groups is 2. The van der Waals surface area contributed by atoms with Gasteiger partial charge in [-0.05, 0) is 70.0 Å². The van der Waals surface area contributed by atoms with E-state index in [-0.39, 0.29) is 23.7 Å². The zero-order chi connectivity index (χ0) is 28.8. The van der Waals surface area contributed by atoms with Gasteiger partial charge >= 0.3 is 0 Å². The Morgan fingerprint density at radius 3 is 2.50 bits per heavy atom. The van der Waals surface area contributed by atoms with Gasteiger partial charge < -0.3 is 9.64 Å². The van der Waals surface area contributed by atoms with Crippen LogP contribution in [0.4, 0.5) is 0 Å². The van der Waals surface area contributed by atoms with Gasteiger partial charge in [0.1, 0.15) is 15.0 Å². The van der Waals surface area contributed by atoms with Gasteiger partial charge in [0, 0.05) is 35.9 Å². The van der Waals surface area contributed by atoms with Crippen LogP contribution >= 0.6 is 45.8 Å². The van der Waals surface area contributed by atoms with Crippen molar-refractivity contribution >= 4 is 63.1 Å². The molecular formula is C29H26Cl2IN5O3. The highest BCUT2D eigenvalue weighted by atomic mass is 127. The molecule has 2 atom stereocenters. The number of amides is 1. The Kier molecular flexibility index (Phi) is 7.97. The largest absolute Gasteiger partial charge is 0.498 e. The molecule has 0 N–H and O–H groups in total. The number of nitrogens with zero attached hydrogens (tertiary/aromatic N) is 5. The lowest BCUT2D eigenvalue weighted by Crippen LogP contribution is -2.45. The topological polar surface area (TPSA) is 101 Å². The molecule has 40 heavy (non-hydrogen) atoms. The van der Waals surface area contributed by atoms with Crippen molar-refractivity contribution in [2.45, 2.75) is 44.7 Å². The molecule has 1 amide bonds. The van der Waals surface area contributed by atoms with E-state index < -0.39 is 5.54 Å². The number of carbonyl (C=O) groups excluding carboxylic acids is 2. The van der Waals surface area contributed by atoms with Crippen molar-refractivity contribution in [1.29, 1.82) is 5.26 Å². The van der Waals surface area contributed by atoms with Crippen molar-refractivity contribution in [3.8, 4) is 6.07 Å². The zero-order valence-electron chi connectivity index (χ0n) is 22.1. The van der Waals surface area contributed by atoms with E-state index in [4.69, 9.17) is 27.9 Å². The fraction of sp³-hybridized carbons (Fsp3) is 0.345. The minimum Gasteiger partial charge on any atom is -0.498 e. The molecular weight excluding hydrogens is 664 g/mol. The molecule has 1 fully saturated rings. The van der Waals surface area contributed by atoms with Crippen LogP contribution in [-0.2, 0) is 16.0 Å². The SMILES string of the molecule is COC1=C(c2cc(Cl)cc(Cl)c2)C(=O)N2CC(n3nnc(C(=O)CC(C)C)c3I)CC12Cc1ccc(C#N)cc1. The number of hydrogen-bond acceptors (Lipinski definition) is 6. The molecule has 0 aliphatic carbocycles. The summed E-state index contributed by atoms with van der Waals surface area (Å²) in [5, 5.41) is 18.7. The van der Waals surface area contributed by atoms with Gasteiger partial charge in [-0.2, -0.15) is 5.26 Å². The summed E-state index contributed by atoms with van der Waals surface area (Å²) in [6, 6.07) is 14.3. The number of aromatic nitrogens is 3. The van der Waals surface area contributed by atoms with Crippen molar-refractivity contribution < 1.29 is 14.3 Å². The molecule has 8 nitrogen and oxygen atoms in total. The third-order valence-corrected chi connectivity index (χ3v) is 8.81. The maximum absolute atomic E-state index is 14.1. The number of benzene rings is 2. The molecule has 1 saturated heterocycles. The van der Waals surface area contributed by atoms with Crippen LogP contribution in [0.25, 0.3) is 5.57 Å². The monoisotopic (exact) mass is 689 g/mol. The summed E-state index contributed by atoms with van der Waals surface area (Å²) < 4.78 is 8.45. The highest BCUT2D eigenvalue weighted by Gasteiger charge is 2.59. The first-order chi connectivity index (χ1) is 19.1. The lowest BCUT2D eigenvalue weighted by atomic mass is 9.85. The van der Waals surface area contributed by atoms with E-state index in [1.54, 1.807) is 42.1 Å². The van der Waals surface area contributed by atoms with E-state index in [1.165, 1.54) is 0 Å². The van der Waals surface area contributed by atoms with Crippen molar-refractivity contribution in [2.24, 2.45) is 5.92 Å². The lowest BCUT2D eigenvalue weighted by Gasteiger charge is -2.34. The molecule has 3 aromatic rings. The standard InChI is InChI=1S/C29H26Cl2IN5O3/c1-16(2)8-23(38)25-27(32)37(35-34-25)22-13-29(12-17-4-6-18(14-33)7-5-17)26(40-3)24(28(39)36(29)15-22)19-9-20(30)11-21(31)10-19/h4-7,9-11,16,22H,8,12-13,15H2,1-3H3. The molecule has 2 aliphatic rings. The van der Waals surface area contributed by atoms with Crippen LogP contribution in [0.5, 0.6) is 0 Å². The molecule has 0 spiro atoms. The van der Waals surface area contributed by atoms with Crippen molar-refractivity contribution in [1.82, 2.24) is 19.9 Å². The number of ether oxygens (including phenoxy) is 1. The van der Waals surface area contributed by atoms with E-state index in [1.807, 2.05) is 30.9 Å². The normalized spacial score (nSPS) is 20.3. The maximum Gasteiger partial charge on any atom is 0.258 e. The van der Waals surface area contributed by atoms with Gasteiger partial charge in [-0.25, -0.2) is 4.68 Å². The van der Waals surface area contributed by atoms with E-state index in [2.05, 4.69) is 39.0 Å². The molecule has 206 valence electrons. The molecule has 0 bridgehead atoms. The number of halogens is 3. The predicted molar refractivity (Wildman–Crippen MR) is 160 cm³/mol. The van der Waals surface area contributed by atoms with E-state index in [0.717, 1.165) is 5.56 Å². The van der Waals surface area contributed by atoms with Gasteiger partial charge in [0.05, 0.1) is 30.4 Å². The van der Waals surface area contributed by atoms with Crippen LogP contribution in [0.3, 0.4) is 0 Å². The van der Waals surface area contributed by atoms with Crippen LogP contribution < -0.4 is 0 Å². The third kappa shape index (κ3) is 5.01. The van der Waals surface area contributed by atoms with Crippen molar-refractivity contribution in [3.05, 3.63) is 84.4 Å². The number of rotatable bonds is 8. The van der Waals surface area contributed by atoms with Gasteiger partial charge in [0.25, 0.3) is 5.91 Å². The Bertz CT molecular complexity index is 1560. The second kappa shape index (κ2) is 11.1. The van der Waals surface area contributed by atoms with Crippen molar-refractivity contribution in [2.75, 3.05) is 13.7 Å². The summed E-state index contributed by atoms with van der Waals surface area (Å²) in [6.07, 6.45) is 1.32. The highest BCUT2D eigenvalue weighted by molar-refractivity contribution is 14.1. The van der Waals surface area contributed by atoms with E-state index in [9.17, 15) is 14.9 Å². The second-order valence-corrected chi connectivity index (χ2v) is 12.4. The summed E-state index contributed by atoms with van der Waals surface area (Å²) in [7, 11) is 1.56. The lowest BCUT2D eigenvalue weighted by molar-refractivity contribution is -0.126. The molecule has 2 aromatic carbocycles. The number of Topliss-reactive ketones (excluding diaryl/α,β-unsaturated/α-hetero) is 1. The minimum atomic E-state index is -0.841. The Balaban J connectivity index is 1.61.